The predicted molar refractivity (Wildman–Crippen MR) is 41.2 cm³/mol. The number of esters is 2. The minimum absolute atomic E-state index is 0.444. The fourth-order valence-corrected chi connectivity index (χ4v) is 0.808. The van der Waals surface area contributed by atoms with Crippen LogP contribution in [0, 0.1) is 0 Å². The Morgan fingerprint density at radius 2 is 1.93 bits per heavy atom. The summed E-state index contributed by atoms with van der Waals surface area (Å²) in [6, 6.07) is 0. The highest BCUT2D eigenvalue weighted by atomic mass is 31.1. The maximum Gasteiger partial charge on any atom is 0.491 e. The summed E-state index contributed by atoms with van der Waals surface area (Å²) in [7, 11) is -2.86. The van der Waals surface area contributed by atoms with E-state index in [1.165, 1.54) is 0 Å². The molecule has 2 N–H and O–H groups in total. The highest BCUT2D eigenvalue weighted by Gasteiger charge is 2.42. The van der Waals surface area contributed by atoms with Crippen molar-refractivity contribution in [1.29, 1.82) is 0 Å². The van der Waals surface area contributed by atoms with Gasteiger partial charge in [0, 0.05) is 0 Å². The Labute approximate surface area is 82.3 Å². The molecule has 0 aliphatic carbocycles. The quantitative estimate of drug-likeness (QED) is 0.401. The summed E-state index contributed by atoms with van der Waals surface area (Å²) in [6.45, 7) is -0.751. The molecule has 0 fully saturated rings. The van der Waals surface area contributed by atoms with Crippen LogP contribution in [0.15, 0.2) is 0 Å². The first kappa shape index (κ1) is 14.1. The predicted octanol–water partition coefficient (Wildman–Crippen LogP) is -0.367. The van der Waals surface area contributed by atoms with Crippen LogP contribution in [0.2, 0.25) is 0 Å². The topological polar surface area (TPSA) is 92.7 Å². The SMILES string of the molecule is O=C(CNC[PH](=O)O)OC(=O)C(F)(F)F. The Hall–Kier alpha value is -0.920. The molecule has 0 spiro atoms. The van der Waals surface area contributed by atoms with Crippen LogP contribution in [0.3, 0.4) is 0 Å². The van der Waals surface area contributed by atoms with Gasteiger partial charge < -0.3 is 9.63 Å². The Balaban J connectivity index is 3.85. The van der Waals surface area contributed by atoms with Gasteiger partial charge in [-0.2, -0.15) is 13.2 Å². The second-order valence-corrected chi connectivity index (χ2v) is 3.40. The van der Waals surface area contributed by atoms with Crippen molar-refractivity contribution in [2.45, 2.75) is 6.18 Å². The van der Waals surface area contributed by atoms with Gasteiger partial charge in [0.1, 0.15) is 0 Å². The molecule has 1 atom stereocenters. The molecule has 0 bridgehead atoms. The van der Waals surface area contributed by atoms with Gasteiger partial charge in [0.25, 0.3) is 0 Å². The first-order valence-electron chi connectivity index (χ1n) is 3.48. The molecule has 0 aromatic rings. The maximum absolute atomic E-state index is 11.5. The van der Waals surface area contributed by atoms with Crippen molar-refractivity contribution in [1.82, 2.24) is 5.32 Å². The first-order chi connectivity index (χ1) is 6.73. The lowest BCUT2D eigenvalue weighted by Gasteiger charge is -2.05. The lowest BCUT2D eigenvalue weighted by atomic mass is 10.6. The van der Waals surface area contributed by atoms with Crippen LogP contribution in [0.1, 0.15) is 0 Å². The minimum Gasteiger partial charge on any atom is -0.385 e. The average Bonchev–Trinajstić information content (AvgIpc) is 2.01. The molecule has 0 aromatic carbocycles. The van der Waals surface area contributed by atoms with Crippen molar-refractivity contribution < 1.29 is 37.0 Å². The van der Waals surface area contributed by atoms with Crippen molar-refractivity contribution in [2.75, 3.05) is 12.8 Å². The van der Waals surface area contributed by atoms with E-state index in [0.29, 0.717) is 0 Å². The number of carbonyl (C=O) groups excluding carboxylic acids is 2. The molecule has 6 nitrogen and oxygen atoms in total. The lowest BCUT2D eigenvalue weighted by Crippen LogP contribution is -2.32. The summed E-state index contributed by atoms with van der Waals surface area (Å²) in [5.74, 6) is -4.09. The van der Waals surface area contributed by atoms with Crippen molar-refractivity contribution in [3.05, 3.63) is 0 Å². The molecule has 0 rings (SSSR count). The van der Waals surface area contributed by atoms with Crippen LogP contribution in [0.5, 0.6) is 0 Å². The van der Waals surface area contributed by atoms with Gasteiger partial charge in [-0.25, -0.2) is 4.79 Å². The Morgan fingerprint density at radius 1 is 1.40 bits per heavy atom. The van der Waals surface area contributed by atoms with Crippen molar-refractivity contribution in [3.8, 4) is 0 Å². The molecule has 0 amide bonds. The van der Waals surface area contributed by atoms with Gasteiger partial charge in [-0.05, 0) is 0 Å². The van der Waals surface area contributed by atoms with Crippen molar-refractivity contribution in [2.24, 2.45) is 0 Å². The van der Waals surface area contributed by atoms with Crippen LogP contribution in [-0.2, 0) is 18.9 Å². The van der Waals surface area contributed by atoms with E-state index >= 15 is 0 Å². The molecular formula is C5H7F3NO5P. The number of ether oxygens (including phenoxy) is 1. The van der Waals surface area contributed by atoms with E-state index in [9.17, 15) is 27.3 Å². The van der Waals surface area contributed by atoms with Gasteiger partial charge in [-0.1, -0.05) is 0 Å². The molecule has 1 unspecified atom stereocenters. The molecule has 0 radical (unpaired) electrons. The molecule has 88 valence electrons. The third kappa shape index (κ3) is 7.06. The number of hydrogen-bond acceptors (Lipinski definition) is 5. The zero-order valence-corrected chi connectivity index (χ0v) is 8.13. The smallest absolute Gasteiger partial charge is 0.385 e. The van der Waals surface area contributed by atoms with E-state index in [1.54, 1.807) is 0 Å². The second-order valence-electron chi connectivity index (χ2n) is 2.26. The molecule has 0 saturated carbocycles. The van der Waals surface area contributed by atoms with E-state index in [-0.39, 0.29) is 0 Å². The van der Waals surface area contributed by atoms with Crippen LogP contribution in [0.25, 0.3) is 0 Å². The van der Waals surface area contributed by atoms with Gasteiger partial charge in [0.05, 0.1) is 12.8 Å². The second kappa shape index (κ2) is 5.84. The van der Waals surface area contributed by atoms with Crippen LogP contribution < -0.4 is 5.32 Å². The summed E-state index contributed by atoms with van der Waals surface area (Å²) in [5.41, 5.74) is 0. The van der Waals surface area contributed by atoms with Gasteiger partial charge in [0.15, 0.2) is 0 Å². The van der Waals surface area contributed by atoms with E-state index in [4.69, 9.17) is 4.89 Å². The van der Waals surface area contributed by atoms with E-state index in [2.05, 4.69) is 4.74 Å². The molecule has 15 heavy (non-hydrogen) atoms. The van der Waals surface area contributed by atoms with Gasteiger partial charge in [-0.15, -0.1) is 0 Å². The molecule has 0 aliphatic heterocycles. The summed E-state index contributed by atoms with van der Waals surface area (Å²) < 4.78 is 48.0. The Bertz CT molecular complexity index is 278. The van der Waals surface area contributed by atoms with Crippen LogP contribution in [-0.4, -0.2) is 35.8 Å². The highest BCUT2D eigenvalue weighted by Crippen LogP contribution is 2.16. The molecule has 0 aliphatic rings. The zero-order chi connectivity index (χ0) is 12.1. The largest absolute Gasteiger partial charge is 0.491 e. The molecular weight excluding hydrogens is 242 g/mol. The van der Waals surface area contributed by atoms with Gasteiger partial charge >= 0.3 is 18.1 Å². The Kier molecular flexibility index (Phi) is 5.48. The monoisotopic (exact) mass is 249 g/mol. The third-order valence-electron chi connectivity index (χ3n) is 0.984. The number of carbonyl (C=O) groups is 2. The number of nitrogens with one attached hydrogen (secondary N) is 1. The van der Waals surface area contributed by atoms with Crippen molar-refractivity contribution >= 4 is 20.0 Å². The van der Waals surface area contributed by atoms with E-state index in [1.807, 2.05) is 5.32 Å². The van der Waals surface area contributed by atoms with E-state index < -0.39 is 39.0 Å². The van der Waals surface area contributed by atoms with E-state index in [0.717, 1.165) is 0 Å². The summed E-state index contributed by atoms with van der Waals surface area (Å²) in [6.07, 6.45) is -5.68. The number of alkyl halides is 3. The maximum atomic E-state index is 11.5. The fraction of sp³-hybridized carbons (Fsp3) is 0.600. The number of rotatable bonds is 4. The molecule has 10 heteroatoms. The average molecular weight is 249 g/mol. The normalized spacial score (nSPS) is 13.3. The van der Waals surface area contributed by atoms with Gasteiger partial charge in [0.2, 0.25) is 8.03 Å². The standard InChI is InChI=1S/C5H7F3NO5P/c6-5(7,8)4(11)14-3(10)1-9-2-15(12)13/h9,15H,1-2H2,(H,12,13). The highest BCUT2D eigenvalue weighted by molar-refractivity contribution is 7.37. The van der Waals surface area contributed by atoms with Crippen LogP contribution >= 0.6 is 8.03 Å². The Morgan fingerprint density at radius 3 is 2.33 bits per heavy atom. The summed E-state index contributed by atoms with van der Waals surface area (Å²) >= 11 is 0. The van der Waals surface area contributed by atoms with Crippen LogP contribution in [0.4, 0.5) is 13.2 Å². The fourth-order valence-electron chi connectivity index (χ4n) is 0.469. The minimum atomic E-state index is -5.24. The number of halogens is 3. The zero-order valence-electron chi connectivity index (χ0n) is 7.13. The lowest BCUT2D eigenvalue weighted by molar-refractivity contribution is -0.201. The third-order valence-corrected chi connectivity index (χ3v) is 1.54. The molecule has 0 aromatic heterocycles. The number of hydrogen-bond donors (Lipinski definition) is 2. The van der Waals surface area contributed by atoms with Gasteiger partial charge in [-0.3, -0.25) is 14.7 Å². The summed E-state index contributed by atoms with van der Waals surface area (Å²) in [4.78, 5) is 28.8. The summed E-state index contributed by atoms with van der Waals surface area (Å²) in [5, 5.41) is 2.03. The first-order valence-corrected chi connectivity index (χ1v) is 5.04. The molecule has 0 heterocycles. The van der Waals surface area contributed by atoms with Crippen molar-refractivity contribution in [3.63, 3.8) is 0 Å². The molecule has 0 saturated heterocycles.